The first-order chi connectivity index (χ1) is 13.6. The first-order valence-electron chi connectivity index (χ1n) is 9.30. The molecule has 2 aromatic carbocycles. The van der Waals surface area contributed by atoms with Gasteiger partial charge in [0, 0.05) is 29.8 Å². The summed E-state index contributed by atoms with van der Waals surface area (Å²) in [6.45, 7) is 2.70. The van der Waals surface area contributed by atoms with Crippen LogP contribution < -0.4 is 0 Å². The van der Waals surface area contributed by atoms with Crippen molar-refractivity contribution in [2.24, 2.45) is 0 Å². The van der Waals surface area contributed by atoms with Gasteiger partial charge in [0.05, 0.1) is 16.7 Å². The van der Waals surface area contributed by atoms with Crippen LogP contribution >= 0.6 is 0 Å². The number of amides is 1. The molecule has 2 heterocycles. The van der Waals surface area contributed by atoms with Gasteiger partial charge in [-0.15, -0.1) is 0 Å². The molecule has 1 aliphatic rings. The number of nitro benzene ring substituents is 1. The van der Waals surface area contributed by atoms with Gasteiger partial charge in [0.1, 0.15) is 5.69 Å². The first kappa shape index (κ1) is 17.9. The van der Waals surface area contributed by atoms with Crippen LogP contribution in [0.15, 0.2) is 54.6 Å². The summed E-state index contributed by atoms with van der Waals surface area (Å²) in [7, 11) is 0. The van der Waals surface area contributed by atoms with Crippen LogP contribution in [0.25, 0.3) is 11.3 Å². The number of aromatic amines is 1. The monoisotopic (exact) mass is 376 g/mol. The zero-order valence-corrected chi connectivity index (χ0v) is 15.5. The fourth-order valence-electron chi connectivity index (χ4n) is 3.70. The van der Waals surface area contributed by atoms with Gasteiger partial charge in [0.25, 0.3) is 11.6 Å². The van der Waals surface area contributed by atoms with Crippen LogP contribution in [0.1, 0.15) is 47.4 Å². The number of nitro groups is 1. The van der Waals surface area contributed by atoms with Crippen molar-refractivity contribution in [3.05, 3.63) is 81.5 Å². The minimum Gasteiger partial charge on any atom is -0.326 e. The van der Waals surface area contributed by atoms with E-state index in [1.165, 1.54) is 12.1 Å². The quantitative estimate of drug-likeness (QED) is 0.512. The van der Waals surface area contributed by atoms with Crippen molar-refractivity contribution >= 4 is 11.6 Å². The van der Waals surface area contributed by atoms with Crippen molar-refractivity contribution in [1.82, 2.24) is 15.1 Å². The SMILES string of the molecule is CCCCN1C(=O)c2[nH]nc(-c3ccccc3)c2C1c1ccc([N+](=O)[O-])cc1. The van der Waals surface area contributed by atoms with Gasteiger partial charge >= 0.3 is 0 Å². The van der Waals surface area contributed by atoms with Gasteiger partial charge in [-0.05, 0) is 24.1 Å². The van der Waals surface area contributed by atoms with Crippen LogP contribution in [0.2, 0.25) is 0 Å². The summed E-state index contributed by atoms with van der Waals surface area (Å²) in [4.78, 5) is 25.5. The number of fused-ring (bicyclic) bond motifs is 1. The molecule has 7 nitrogen and oxygen atoms in total. The lowest BCUT2D eigenvalue weighted by atomic mass is 9.96. The summed E-state index contributed by atoms with van der Waals surface area (Å²) in [5, 5.41) is 18.3. The Hall–Kier alpha value is -3.48. The molecule has 1 atom stereocenters. The molecule has 0 saturated carbocycles. The molecule has 0 saturated heterocycles. The highest BCUT2D eigenvalue weighted by Crippen LogP contribution is 2.43. The van der Waals surface area contributed by atoms with Crippen molar-refractivity contribution in [2.45, 2.75) is 25.8 Å². The molecule has 0 bridgehead atoms. The minimum atomic E-state index is -0.420. The molecule has 1 aromatic heterocycles. The Morgan fingerprint density at radius 1 is 1.14 bits per heavy atom. The number of aromatic nitrogens is 2. The summed E-state index contributed by atoms with van der Waals surface area (Å²) in [5.74, 6) is -0.0820. The second-order valence-electron chi connectivity index (χ2n) is 6.83. The molecular formula is C21H20N4O3. The third-order valence-corrected chi connectivity index (χ3v) is 5.08. The van der Waals surface area contributed by atoms with E-state index >= 15 is 0 Å². The fourth-order valence-corrected chi connectivity index (χ4v) is 3.70. The lowest BCUT2D eigenvalue weighted by molar-refractivity contribution is -0.384. The molecule has 0 fully saturated rings. The molecular weight excluding hydrogens is 356 g/mol. The second-order valence-corrected chi connectivity index (χ2v) is 6.83. The van der Waals surface area contributed by atoms with E-state index in [1.807, 2.05) is 35.2 Å². The van der Waals surface area contributed by atoms with Gasteiger partial charge in [0.15, 0.2) is 0 Å². The highest BCUT2D eigenvalue weighted by Gasteiger charge is 2.41. The van der Waals surface area contributed by atoms with Gasteiger partial charge < -0.3 is 4.90 Å². The first-order valence-corrected chi connectivity index (χ1v) is 9.30. The number of carbonyl (C=O) groups excluding carboxylic acids is 1. The third-order valence-electron chi connectivity index (χ3n) is 5.08. The maximum Gasteiger partial charge on any atom is 0.273 e. The molecule has 0 aliphatic carbocycles. The second kappa shape index (κ2) is 7.26. The van der Waals surface area contributed by atoms with E-state index in [9.17, 15) is 14.9 Å². The van der Waals surface area contributed by atoms with Crippen molar-refractivity contribution in [1.29, 1.82) is 0 Å². The Morgan fingerprint density at radius 2 is 1.86 bits per heavy atom. The molecule has 0 spiro atoms. The number of hydrogen-bond acceptors (Lipinski definition) is 4. The predicted molar refractivity (Wildman–Crippen MR) is 105 cm³/mol. The zero-order chi connectivity index (χ0) is 19.7. The third kappa shape index (κ3) is 2.94. The van der Waals surface area contributed by atoms with Gasteiger partial charge in [-0.1, -0.05) is 43.7 Å². The van der Waals surface area contributed by atoms with Gasteiger partial charge in [-0.2, -0.15) is 5.10 Å². The number of non-ortho nitro benzene ring substituents is 1. The molecule has 7 heteroatoms. The number of benzene rings is 2. The van der Waals surface area contributed by atoms with Crippen molar-refractivity contribution in [3.63, 3.8) is 0 Å². The molecule has 28 heavy (non-hydrogen) atoms. The summed E-state index contributed by atoms with van der Waals surface area (Å²) in [6.07, 6.45) is 1.85. The highest BCUT2D eigenvalue weighted by atomic mass is 16.6. The number of nitrogens with zero attached hydrogens (tertiary/aromatic N) is 3. The van der Waals surface area contributed by atoms with Crippen molar-refractivity contribution in [2.75, 3.05) is 6.54 Å². The molecule has 1 N–H and O–H groups in total. The molecule has 1 unspecified atom stereocenters. The molecule has 3 aromatic rings. The van der Waals surface area contributed by atoms with Gasteiger partial charge in [-0.25, -0.2) is 0 Å². The van der Waals surface area contributed by atoms with Crippen LogP contribution in [0.5, 0.6) is 0 Å². The van der Waals surface area contributed by atoms with Crippen molar-refractivity contribution < 1.29 is 9.72 Å². The molecule has 1 aliphatic heterocycles. The fraction of sp³-hybridized carbons (Fsp3) is 0.238. The van der Waals surface area contributed by atoms with Crippen LogP contribution in [0.3, 0.4) is 0 Å². The summed E-state index contributed by atoms with van der Waals surface area (Å²) >= 11 is 0. The Labute approximate surface area is 162 Å². The number of H-pyrrole nitrogens is 1. The van der Waals surface area contributed by atoms with Crippen molar-refractivity contribution in [3.8, 4) is 11.3 Å². The minimum absolute atomic E-state index is 0.0314. The van der Waals surface area contributed by atoms with Crippen LogP contribution in [0, 0.1) is 10.1 Å². The van der Waals surface area contributed by atoms with Crippen LogP contribution in [0.4, 0.5) is 5.69 Å². The van der Waals surface area contributed by atoms with E-state index in [1.54, 1.807) is 12.1 Å². The largest absolute Gasteiger partial charge is 0.326 e. The van der Waals surface area contributed by atoms with Gasteiger partial charge in [-0.3, -0.25) is 20.0 Å². The maximum atomic E-state index is 13.1. The number of unbranched alkanes of at least 4 members (excludes halogenated alkanes) is 1. The van der Waals surface area contributed by atoms with Gasteiger partial charge in [0.2, 0.25) is 0 Å². The number of nitrogens with one attached hydrogen (secondary N) is 1. The molecule has 1 amide bonds. The van der Waals surface area contributed by atoms with Crippen LogP contribution in [-0.4, -0.2) is 32.5 Å². The number of rotatable bonds is 6. The smallest absolute Gasteiger partial charge is 0.273 e. The average Bonchev–Trinajstić information content (AvgIpc) is 3.26. The summed E-state index contributed by atoms with van der Waals surface area (Å²) < 4.78 is 0. The molecule has 4 rings (SSSR count). The van der Waals surface area contributed by atoms with E-state index in [0.29, 0.717) is 12.2 Å². The summed E-state index contributed by atoms with van der Waals surface area (Å²) in [5.41, 5.74) is 3.87. The van der Waals surface area contributed by atoms with E-state index in [-0.39, 0.29) is 17.6 Å². The predicted octanol–water partition coefficient (Wildman–Crippen LogP) is 4.33. The van der Waals surface area contributed by atoms with E-state index in [2.05, 4.69) is 17.1 Å². The summed E-state index contributed by atoms with van der Waals surface area (Å²) in [6, 6.07) is 15.8. The lowest BCUT2D eigenvalue weighted by Crippen LogP contribution is -2.30. The Morgan fingerprint density at radius 3 is 2.50 bits per heavy atom. The Kier molecular flexibility index (Phi) is 4.65. The standard InChI is InChI=1S/C21H20N4O3/c1-2-3-13-24-20(15-9-11-16(12-10-15)25(27)28)17-18(14-7-5-4-6-8-14)22-23-19(17)21(24)26/h4-12,20H,2-3,13H2,1H3,(H,22,23). The average molecular weight is 376 g/mol. The lowest BCUT2D eigenvalue weighted by Gasteiger charge is -2.26. The Balaban J connectivity index is 1.83. The Bertz CT molecular complexity index is 1010. The maximum absolute atomic E-state index is 13.1. The van der Waals surface area contributed by atoms with E-state index in [4.69, 9.17) is 0 Å². The number of carbonyl (C=O) groups is 1. The normalized spacial score (nSPS) is 15.7. The van der Waals surface area contributed by atoms with Crippen LogP contribution in [-0.2, 0) is 0 Å². The molecule has 142 valence electrons. The number of hydrogen-bond donors (Lipinski definition) is 1. The van der Waals surface area contributed by atoms with E-state index in [0.717, 1.165) is 35.2 Å². The van der Waals surface area contributed by atoms with E-state index < -0.39 is 4.92 Å². The topological polar surface area (TPSA) is 92.1 Å². The molecule has 0 radical (unpaired) electrons. The highest BCUT2D eigenvalue weighted by molar-refractivity contribution is 6.00. The zero-order valence-electron chi connectivity index (χ0n) is 15.5.